The van der Waals surface area contributed by atoms with Crippen molar-refractivity contribution in [2.45, 2.75) is 20.3 Å². The number of allylic oxidation sites excluding steroid dienone is 4. The van der Waals surface area contributed by atoms with Crippen molar-refractivity contribution < 1.29 is 0 Å². The van der Waals surface area contributed by atoms with Crippen LogP contribution in [0.2, 0.25) is 0 Å². The van der Waals surface area contributed by atoms with Crippen LogP contribution in [0.5, 0.6) is 0 Å². The first-order chi connectivity index (χ1) is 17.7. The lowest BCUT2D eigenvalue weighted by Crippen LogP contribution is -1.94. The van der Waals surface area contributed by atoms with Gasteiger partial charge in [0.05, 0.1) is 0 Å². The molecule has 0 aliphatic heterocycles. The Labute approximate surface area is 214 Å². The molecule has 0 aliphatic rings. The first kappa shape index (κ1) is 23.4. The Morgan fingerprint density at radius 3 is 2.19 bits per heavy atom. The van der Waals surface area contributed by atoms with Gasteiger partial charge in [-0.25, -0.2) is 0 Å². The standard InChI is InChI=1S/C35H31N/c1-3-5-12-26(4-2)30-23-31(27-13-7-6-8-14-27)25-33(24-30)36-32-21-19-29(20-22-32)35-18-11-16-28-15-9-10-17-34(28)35/h4-25,36H,3H2,1-2H3/b12-5-,26-4+. The van der Waals surface area contributed by atoms with Crippen molar-refractivity contribution in [2.75, 3.05) is 5.32 Å². The van der Waals surface area contributed by atoms with E-state index in [1.54, 1.807) is 0 Å². The molecule has 1 heteroatoms. The van der Waals surface area contributed by atoms with Crippen molar-refractivity contribution in [2.24, 2.45) is 0 Å². The molecule has 0 saturated carbocycles. The van der Waals surface area contributed by atoms with Crippen molar-refractivity contribution in [3.63, 3.8) is 0 Å². The van der Waals surface area contributed by atoms with Crippen molar-refractivity contribution in [3.8, 4) is 22.3 Å². The highest BCUT2D eigenvalue weighted by Gasteiger charge is 2.08. The monoisotopic (exact) mass is 465 g/mol. The topological polar surface area (TPSA) is 12.0 Å². The SMILES string of the molecule is C/C=C(\C=C/CC)c1cc(Nc2ccc(-c3cccc4ccccc34)cc2)cc(-c2ccccc2)c1. The second-order valence-electron chi connectivity index (χ2n) is 8.95. The fourth-order valence-corrected chi connectivity index (χ4v) is 4.64. The van der Waals surface area contributed by atoms with E-state index in [4.69, 9.17) is 0 Å². The molecule has 0 spiro atoms. The van der Waals surface area contributed by atoms with Gasteiger partial charge in [0.2, 0.25) is 0 Å². The van der Waals surface area contributed by atoms with Gasteiger partial charge >= 0.3 is 0 Å². The zero-order valence-electron chi connectivity index (χ0n) is 20.9. The van der Waals surface area contributed by atoms with Crippen LogP contribution in [0.25, 0.3) is 38.6 Å². The highest BCUT2D eigenvalue weighted by atomic mass is 14.9. The van der Waals surface area contributed by atoms with Crippen LogP contribution in [-0.2, 0) is 0 Å². The van der Waals surface area contributed by atoms with E-state index < -0.39 is 0 Å². The number of fused-ring (bicyclic) bond motifs is 1. The molecule has 0 bridgehead atoms. The Morgan fingerprint density at radius 2 is 1.42 bits per heavy atom. The minimum absolute atomic E-state index is 1.02. The molecule has 0 aliphatic carbocycles. The Hall–Kier alpha value is -4.36. The van der Waals surface area contributed by atoms with Gasteiger partial charge in [-0.05, 0) is 87.8 Å². The summed E-state index contributed by atoms with van der Waals surface area (Å²) in [5.74, 6) is 0. The molecule has 0 unspecified atom stereocenters. The average molecular weight is 466 g/mol. The van der Waals surface area contributed by atoms with Crippen LogP contribution in [0.4, 0.5) is 11.4 Å². The highest BCUT2D eigenvalue weighted by molar-refractivity contribution is 5.96. The molecule has 5 aromatic rings. The van der Waals surface area contributed by atoms with Gasteiger partial charge in [-0.3, -0.25) is 0 Å². The molecule has 1 N–H and O–H groups in total. The predicted molar refractivity (Wildman–Crippen MR) is 158 cm³/mol. The maximum Gasteiger partial charge on any atom is 0.0396 e. The normalized spacial score (nSPS) is 11.8. The van der Waals surface area contributed by atoms with Gasteiger partial charge in [-0.2, -0.15) is 0 Å². The lowest BCUT2D eigenvalue weighted by Gasteiger charge is -2.14. The van der Waals surface area contributed by atoms with E-state index in [1.165, 1.54) is 44.2 Å². The van der Waals surface area contributed by atoms with Crippen LogP contribution >= 0.6 is 0 Å². The maximum absolute atomic E-state index is 3.65. The van der Waals surface area contributed by atoms with E-state index in [0.717, 1.165) is 17.8 Å². The highest BCUT2D eigenvalue weighted by Crippen LogP contribution is 2.32. The van der Waals surface area contributed by atoms with Crippen LogP contribution in [0.15, 0.2) is 133 Å². The van der Waals surface area contributed by atoms with Crippen molar-refractivity contribution >= 4 is 27.7 Å². The summed E-state index contributed by atoms with van der Waals surface area (Å²) in [6.45, 7) is 4.27. The summed E-state index contributed by atoms with van der Waals surface area (Å²) in [7, 11) is 0. The molecule has 0 aromatic heterocycles. The molecule has 0 heterocycles. The van der Waals surface area contributed by atoms with Gasteiger partial charge in [0.25, 0.3) is 0 Å². The summed E-state index contributed by atoms with van der Waals surface area (Å²) in [4.78, 5) is 0. The van der Waals surface area contributed by atoms with Crippen LogP contribution in [0.1, 0.15) is 25.8 Å². The fraction of sp³-hybridized carbons (Fsp3) is 0.0857. The molecule has 0 atom stereocenters. The third-order valence-electron chi connectivity index (χ3n) is 6.49. The zero-order chi connectivity index (χ0) is 24.7. The number of hydrogen-bond donors (Lipinski definition) is 1. The van der Waals surface area contributed by atoms with Gasteiger partial charge < -0.3 is 5.32 Å². The summed E-state index contributed by atoms with van der Waals surface area (Å²) < 4.78 is 0. The largest absolute Gasteiger partial charge is 0.355 e. The Balaban J connectivity index is 1.49. The lowest BCUT2D eigenvalue weighted by atomic mass is 9.97. The zero-order valence-corrected chi connectivity index (χ0v) is 20.9. The molecule has 0 saturated heterocycles. The van der Waals surface area contributed by atoms with Crippen molar-refractivity contribution in [1.29, 1.82) is 0 Å². The molecule has 0 radical (unpaired) electrons. The minimum atomic E-state index is 1.02. The molecule has 0 fully saturated rings. The average Bonchev–Trinajstić information content (AvgIpc) is 2.94. The number of nitrogens with one attached hydrogen (secondary N) is 1. The lowest BCUT2D eigenvalue weighted by molar-refractivity contribution is 1.22. The maximum atomic E-state index is 3.65. The van der Waals surface area contributed by atoms with E-state index in [0.29, 0.717) is 0 Å². The molecular formula is C35H31N. The van der Waals surface area contributed by atoms with Gasteiger partial charge in [-0.1, -0.05) is 110 Å². The van der Waals surface area contributed by atoms with Crippen molar-refractivity contribution in [1.82, 2.24) is 0 Å². The Kier molecular flexibility index (Phi) is 7.10. The summed E-state index contributed by atoms with van der Waals surface area (Å²) in [5, 5.41) is 6.20. The molecule has 176 valence electrons. The number of anilines is 2. The van der Waals surface area contributed by atoms with Gasteiger partial charge in [0.1, 0.15) is 0 Å². The van der Waals surface area contributed by atoms with Gasteiger partial charge in [0.15, 0.2) is 0 Å². The van der Waals surface area contributed by atoms with Crippen LogP contribution in [0.3, 0.4) is 0 Å². The van der Waals surface area contributed by atoms with Crippen LogP contribution < -0.4 is 5.32 Å². The second kappa shape index (κ2) is 10.9. The van der Waals surface area contributed by atoms with Crippen molar-refractivity contribution in [3.05, 3.63) is 139 Å². The van der Waals surface area contributed by atoms with Crippen LogP contribution in [0, 0.1) is 0 Å². The molecular weight excluding hydrogens is 434 g/mol. The fourth-order valence-electron chi connectivity index (χ4n) is 4.64. The molecule has 5 aromatic carbocycles. The first-order valence-corrected chi connectivity index (χ1v) is 12.6. The number of rotatable bonds is 7. The smallest absolute Gasteiger partial charge is 0.0396 e. The Morgan fingerprint density at radius 1 is 0.667 bits per heavy atom. The third-order valence-corrected chi connectivity index (χ3v) is 6.49. The molecule has 36 heavy (non-hydrogen) atoms. The number of benzene rings is 5. The summed E-state index contributed by atoms with van der Waals surface area (Å²) in [6.07, 6.45) is 7.62. The Bertz CT molecular complexity index is 1520. The predicted octanol–water partition coefficient (Wildman–Crippen LogP) is 10.3. The summed E-state index contributed by atoms with van der Waals surface area (Å²) in [6, 6.07) is 41.1. The van der Waals surface area contributed by atoms with E-state index in [1.807, 2.05) is 0 Å². The van der Waals surface area contributed by atoms with E-state index in [-0.39, 0.29) is 0 Å². The van der Waals surface area contributed by atoms with Crippen LogP contribution in [-0.4, -0.2) is 0 Å². The third kappa shape index (κ3) is 5.16. The molecule has 1 nitrogen and oxygen atoms in total. The molecule has 5 rings (SSSR count). The van der Waals surface area contributed by atoms with E-state index in [2.05, 4.69) is 153 Å². The second-order valence-corrected chi connectivity index (χ2v) is 8.95. The summed E-state index contributed by atoms with van der Waals surface area (Å²) in [5.41, 5.74) is 9.47. The summed E-state index contributed by atoms with van der Waals surface area (Å²) >= 11 is 0. The van der Waals surface area contributed by atoms with Gasteiger partial charge in [0, 0.05) is 11.4 Å². The van der Waals surface area contributed by atoms with E-state index >= 15 is 0 Å². The van der Waals surface area contributed by atoms with E-state index in [9.17, 15) is 0 Å². The van der Waals surface area contributed by atoms with Gasteiger partial charge in [-0.15, -0.1) is 0 Å². The minimum Gasteiger partial charge on any atom is -0.355 e. The first-order valence-electron chi connectivity index (χ1n) is 12.6. The number of hydrogen-bond acceptors (Lipinski definition) is 1. The molecule has 0 amide bonds. The quantitative estimate of drug-likeness (QED) is 0.236.